The van der Waals surface area contributed by atoms with Gasteiger partial charge < -0.3 is 19.7 Å². The minimum atomic E-state index is -0.108. The number of ether oxygens (including phenoxy) is 2. The molecule has 1 heterocycles. The number of carbonyl (C=O) groups is 1. The molecule has 0 aliphatic carbocycles. The second kappa shape index (κ2) is 8.17. The predicted molar refractivity (Wildman–Crippen MR) is 89.9 cm³/mol. The zero-order chi connectivity index (χ0) is 16.8. The molecule has 1 atom stereocenters. The van der Waals surface area contributed by atoms with Crippen molar-refractivity contribution in [2.75, 3.05) is 47.4 Å². The fraction of sp³-hybridized carbons (Fsp3) is 0.588. The summed E-state index contributed by atoms with van der Waals surface area (Å²) in [6, 6.07) is 5.57. The van der Waals surface area contributed by atoms with E-state index < -0.39 is 0 Å². The molecular weight excluding hydrogens is 294 g/mol. The molecule has 0 radical (unpaired) electrons. The van der Waals surface area contributed by atoms with Crippen molar-refractivity contribution in [2.24, 2.45) is 0 Å². The molecule has 1 aliphatic rings. The summed E-state index contributed by atoms with van der Waals surface area (Å²) in [6.45, 7) is 6.33. The molecule has 1 N–H and O–H groups in total. The van der Waals surface area contributed by atoms with Crippen LogP contribution in [0.4, 0.5) is 0 Å². The Kier molecular flexibility index (Phi) is 6.24. The van der Waals surface area contributed by atoms with Crippen LogP contribution in [0.15, 0.2) is 18.2 Å². The number of likely N-dealkylation sites (N-methyl/N-ethyl adjacent to an activating group) is 1. The van der Waals surface area contributed by atoms with Gasteiger partial charge in [-0.2, -0.15) is 0 Å². The Morgan fingerprint density at radius 3 is 2.43 bits per heavy atom. The number of hydrogen-bond donors (Lipinski definition) is 1. The third-order valence-corrected chi connectivity index (χ3v) is 4.38. The average Bonchev–Trinajstić information content (AvgIpc) is 2.59. The molecule has 128 valence electrons. The summed E-state index contributed by atoms with van der Waals surface area (Å²) in [5.41, 5.74) is 0.988. The number of nitrogens with zero attached hydrogens (tertiary/aromatic N) is 2. The van der Waals surface area contributed by atoms with Crippen molar-refractivity contribution in [1.29, 1.82) is 0 Å². The summed E-state index contributed by atoms with van der Waals surface area (Å²) in [7, 11) is 5.33. The van der Waals surface area contributed by atoms with E-state index in [1.807, 2.05) is 25.1 Å². The van der Waals surface area contributed by atoms with Crippen LogP contribution in [0, 0.1) is 0 Å². The van der Waals surface area contributed by atoms with Crippen molar-refractivity contribution in [1.82, 2.24) is 15.1 Å². The van der Waals surface area contributed by atoms with Crippen molar-refractivity contribution >= 4 is 5.91 Å². The van der Waals surface area contributed by atoms with Gasteiger partial charge in [0.1, 0.15) is 0 Å². The van der Waals surface area contributed by atoms with Crippen LogP contribution >= 0.6 is 0 Å². The van der Waals surface area contributed by atoms with Gasteiger partial charge in [0.25, 0.3) is 0 Å². The Balaban J connectivity index is 1.88. The minimum Gasteiger partial charge on any atom is -0.493 e. The van der Waals surface area contributed by atoms with Crippen LogP contribution in [0.1, 0.15) is 12.5 Å². The Hall–Kier alpha value is -1.79. The fourth-order valence-electron chi connectivity index (χ4n) is 2.70. The van der Waals surface area contributed by atoms with E-state index in [-0.39, 0.29) is 11.9 Å². The maximum Gasteiger partial charge on any atom is 0.237 e. The molecule has 0 aromatic heterocycles. The van der Waals surface area contributed by atoms with Crippen molar-refractivity contribution in [3.8, 4) is 11.5 Å². The van der Waals surface area contributed by atoms with E-state index in [1.54, 1.807) is 14.2 Å². The van der Waals surface area contributed by atoms with Crippen LogP contribution in [-0.2, 0) is 11.3 Å². The standard InChI is InChI=1S/C17H27N3O3/c1-13(20-9-7-19(2)8-10-20)17(21)18-12-14-5-6-15(22-3)16(11-14)23-4/h5-6,11,13H,7-10,12H2,1-4H3,(H,18,21)/t13-/m1/s1. The highest BCUT2D eigenvalue weighted by atomic mass is 16.5. The fourth-order valence-corrected chi connectivity index (χ4v) is 2.70. The molecule has 0 bridgehead atoms. The summed E-state index contributed by atoms with van der Waals surface area (Å²) in [6.07, 6.45) is 0. The van der Waals surface area contributed by atoms with Gasteiger partial charge in [-0.3, -0.25) is 9.69 Å². The number of methoxy groups -OCH3 is 2. The molecule has 0 spiro atoms. The number of rotatable bonds is 6. The highest BCUT2D eigenvalue weighted by Crippen LogP contribution is 2.27. The molecule has 1 aromatic carbocycles. The maximum absolute atomic E-state index is 12.4. The summed E-state index contributed by atoms with van der Waals surface area (Å²) >= 11 is 0. The normalized spacial score (nSPS) is 17.6. The maximum atomic E-state index is 12.4. The second-order valence-electron chi connectivity index (χ2n) is 5.92. The zero-order valence-electron chi connectivity index (χ0n) is 14.5. The van der Waals surface area contributed by atoms with Gasteiger partial charge in [-0.1, -0.05) is 6.07 Å². The van der Waals surface area contributed by atoms with Crippen molar-refractivity contribution in [3.63, 3.8) is 0 Å². The number of amides is 1. The average molecular weight is 321 g/mol. The Morgan fingerprint density at radius 2 is 1.83 bits per heavy atom. The lowest BCUT2D eigenvalue weighted by molar-refractivity contribution is -0.126. The van der Waals surface area contributed by atoms with Crippen molar-refractivity contribution < 1.29 is 14.3 Å². The van der Waals surface area contributed by atoms with Crippen LogP contribution in [0.5, 0.6) is 11.5 Å². The third kappa shape index (κ3) is 4.59. The van der Waals surface area contributed by atoms with Gasteiger partial charge in [0.05, 0.1) is 20.3 Å². The third-order valence-electron chi connectivity index (χ3n) is 4.38. The monoisotopic (exact) mass is 321 g/mol. The molecule has 1 aliphatic heterocycles. The molecule has 2 rings (SSSR count). The molecule has 23 heavy (non-hydrogen) atoms. The second-order valence-corrected chi connectivity index (χ2v) is 5.92. The topological polar surface area (TPSA) is 54.0 Å². The van der Waals surface area contributed by atoms with Gasteiger partial charge in [0.2, 0.25) is 5.91 Å². The van der Waals surface area contributed by atoms with E-state index in [2.05, 4.69) is 22.2 Å². The van der Waals surface area contributed by atoms with Gasteiger partial charge in [-0.05, 0) is 31.7 Å². The predicted octanol–water partition coefficient (Wildman–Crippen LogP) is 0.956. The zero-order valence-corrected chi connectivity index (χ0v) is 14.5. The number of benzene rings is 1. The highest BCUT2D eigenvalue weighted by molar-refractivity contribution is 5.81. The first-order valence-electron chi connectivity index (χ1n) is 7.96. The molecule has 1 fully saturated rings. The summed E-state index contributed by atoms with van der Waals surface area (Å²) < 4.78 is 10.5. The van der Waals surface area contributed by atoms with E-state index in [1.165, 1.54) is 0 Å². The summed E-state index contributed by atoms with van der Waals surface area (Å²) in [4.78, 5) is 16.9. The number of hydrogen-bond acceptors (Lipinski definition) is 5. The van der Waals surface area contributed by atoms with Gasteiger partial charge >= 0.3 is 0 Å². The molecule has 6 nitrogen and oxygen atoms in total. The first-order chi connectivity index (χ1) is 11.0. The Bertz CT molecular complexity index is 528. The molecule has 1 aromatic rings. The minimum absolute atomic E-state index is 0.0596. The molecule has 0 unspecified atom stereocenters. The molecule has 0 saturated carbocycles. The molecule has 6 heteroatoms. The number of carbonyl (C=O) groups excluding carboxylic acids is 1. The van der Waals surface area contributed by atoms with Crippen LogP contribution in [0.2, 0.25) is 0 Å². The van der Waals surface area contributed by atoms with E-state index in [4.69, 9.17) is 9.47 Å². The number of piperazine rings is 1. The lowest BCUT2D eigenvalue weighted by Crippen LogP contribution is -2.52. The van der Waals surface area contributed by atoms with E-state index in [0.717, 1.165) is 31.7 Å². The summed E-state index contributed by atoms with van der Waals surface area (Å²) in [5.74, 6) is 1.42. The van der Waals surface area contributed by atoms with Crippen molar-refractivity contribution in [3.05, 3.63) is 23.8 Å². The highest BCUT2D eigenvalue weighted by Gasteiger charge is 2.24. The first kappa shape index (κ1) is 17.6. The first-order valence-corrected chi connectivity index (χ1v) is 7.96. The number of nitrogens with one attached hydrogen (secondary N) is 1. The lowest BCUT2D eigenvalue weighted by atomic mass is 10.1. The van der Waals surface area contributed by atoms with Crippen LogP contribution in [0.25, 0.3) is 0 Å². The van der Waals surface area contributed by atoms with Gasteiger partial charge in [-0.25, -0.2) is 0 Å². The van der Waals surface area contributed by atoms with E-state index in [0.29, 0.717) is 18.0 Å². The largest absolute Gasteiger partial charge is 0.493 e. The van der Waals surface area contributed by atoms with Gasteiger partial charge in [0.15, 0.2) is 11.5 Å². The smallest absolute Gasteiger partial charge is 0.237 e. The van der Waals surface area contributed by atoms with Gasteiger partial charge in [-0.15, -0.1) is 0 Å². The summed E-state index contributed by atoms with van der Waals surface area (Å²) in [5, 5.41) is 3.01. The molecule has 1 saturated heterocycles. The van der Waals surface area contributed by atoms with Crippen LogP contribution < -0.4 is 14.8 Å². The Labute approximate surface area is 138 Å². The van der Waals surface area contributed by atoms with E-state index >= 15 is 0 Å². The van der Waals surface area contributed by atoms with E-state index in [9.17, 15) is 4.79 Å². The molecular formula is C17H27N3O3. The van der Waals surface area contributed by atoms with Crippen molar-refractivity contribution in [2.45, 2.75) is 19.5 Å². The Morgan fingerprint density at radius 1 is 1.17 bits per heavy atom. The lowest BCUT2D eigenvalue weighted by Gasteiger charge is -2.35. The SMILES string of the molecule is COc1ccc(CNC(=O)[C@@H](C)N2CCN(C)CC2)cc1OC. The molecule has 1 amide bonds. The quantitative estimate of drug-likeness (QED) is 0.846. The van der Waals surface area contributed by atoms with Gasteiger partial charge in [0, 0.05) is 32.7 Å². The van der Waals surface area contributed by atoms with Crippen LogP contribution in [-0.4, -0.2) is 69.2 Å². The van der Waals surface area contributed by atoms with Crippen LogP contribution in [0.3, 0.4) is 0 Å².